The SMILES string of the molecule is Cc1ccc(NC(=O)CN(c2ccc(C(=O)N(C)C)cc2)S(C)(=O)=O)cc1N1CCCC1=O. The van der Waals surface area contributed by atoms with Crippen LogP contribution in [-0.4, -0.2) is 64.5 Å². The highest BCUT2D eigenvalue weighted by Crippen LogP contribution is 2.28. The molecule has 2 aromatic rings. The molecule has 0 aromatic heterocycles. The zero-order valence-electron chi connectivity index (χ0n) is 19.2. The molecule has 33 heavy (non-hydrogen) atoms. The summed E-state index contributed by atoms with van der Waals surface area (Å²) in [7, 11) is -0.517. The maximum Gasteiger partial charge on any atom is 0.253 e. The maximum atomic E-state index is 12.7. The molecule has 1 aliphatic rings. The topological polar surface area (TPSA) is 107 Å². The Balaban J connectivity index is 1.78. The van der Waals surface area contributed by atoms with E-state index in [-0.39, 0.29) is 17.5 Å². The van der Waals surface area contributed by atoms with Gasteiger partial charge in [0.2, 0.25) is 21.8 Å². The van der Waals surface area contributed by atoms with E-state index in [9.17, 15) is 22.8 Å². The number of aryl methyl sites for hydroxylation is 1. The number of hydrogen-bond acceptors (Lipinski definition) is 5. The number of rotatable bonds is 7. The molecule has 3 rings (SSSR count). The first-order valence-electron chi connectivity index (χ1n) is 10.5. The van der Waals surface area contributed by atoms with Gasteiger partial charge in [0, 0.05) is 44.0 Å². The van der Waals surface area contributed by atoms with Crippen molar-refractivity contribution < 1.29 is 22.8 Å². The van der Waals surface area contributed by atoms with Gasteiger partial charge in [0.05, 0.1) is 11.9 Å². The molecule has 0 radical (unpaired) electrons. The van der Waals surface area contributed by atoms with Crippen LogP contribution in [0.2, 0.25) is 0 Å². The standard InChI is InChI=1S/C23H28N4O5S/c1-16-7-10-18(14-20(16)26-13-5-6-22(26)29)24-21(28)15-27(33(4,31)32)19-11-8-17(9-12-19)23(30)25(2)3/h7-12,14H,5-6,13,15H2,1-4H3,(H,24,28). The fourth-order valence-electron chi connectivity index (χ4n) is 3.64. The summed E-state index contributed by atoms with van der Waals surface area (Å²) in [6, 6.07) is 11.3. The highest BCUT2D eigenvalue weighted by atomic mass is 32.2. The molecular formula is C23H28N4O5S. The fourth-order valence-corrected chi connectivity index (χ4v) is 4.50. The lowest BCUT2D eigenvalue weighted by Gasteiger charge is -2.23. The molecule has 1 fully saturated rings. The molecule has 2 aromatic carbocycles. The second kappa shape index (κ2) is 9.62. The summed E-state index contributed by atoms with van der Waals surface area (Å²) < 4.78 is 25.7. The number of sulfonamides is 1. The summed E-state index contributed by atoms with van der Waals surface area (Å²) >= 11 is 0. The first kappa shape index (κ1) is 24.2. The van der Waals surface area contributed by atoms with Gasteiger partial charge < -0.3 is 15.1 Å². The van der Waals surface area contributed by atoms with Gasteiger partial charge in [-0.15, -0.1) is 0 Å². The first-order valence-corrected chi connectivity index (χ1v) is 12.3. The Bertz CT molecular complexity index is 1180. The fraction of sp³-hybridized carbons (Fsp3) is 0.348. The zero-order chi connectivity index (χ0) is 24.3. The number of nitrogens with one attached hydrogen (secondary N) is 1. The molecule has 0 spiro atoms. The van der Waals surface area contributed by atoms with Crippen molar-refractivity contribution in [3.05, 3.63) is 53.6 Å². The normalized spacial score (nSPS) is 13.7. The quantitative estimate of drug-likeness (QED) is 0.665. The lowest BCUT2D eigenvalue weighted by molar-refractivity contribution is -0.117. The van der Waals surface area contributed by atoms with Gasteiger partial charge in [-0.25, -0.2) is 8.42 Å². The van der Waals surface area contributed by atoms with Crippen molar-refractivity contribution in [2.75, 3.05) is 48.0 Å². The number of amides is 3. The molecule has 0 atom stereocenters. The van der Waals surface area contributed by atoms with Crippen LogP contribution in [0.15, 0.2) is 42.5 Å². The van der Waals surface area contributed by atoms with Crippen molar-refractivity contribution in [1.29, 1.82) is 0 Å². The third-order valence-electron chi connectivity index (χ3n) is 5.35. The highest BCUT2D eigenvalue weighted by Gasteiger charge is 2.24. The Morgan fingerprint density at radius 1 is 1.09 bits per heavy atom. The average molecular weight is 473 g/mol. The monoisotopic (exact) mass is 472 g/mol. The lowest BCUT2D eigenvalue weighted by Crippen LogP contribution is -2.37. The second-order valence-corrected chi connectivity index (χ2v) is 10.1. The third kappa shape index (κ3) is 5.70. The molecule has 176 valence electrons. The van der Waals surface area contributed by atoms with Gasteiger partial charge in [-0.3, -0.25) is 18.7 Å². The molecule has 0 aliphatic carbocycles. The Morgan fingerprint density at radius 2 is 1.76 bits per heavy atom. The minimum absolute atomic E-state index is 0.0426. The van der Waals surface area contributed by atoms with E-state index in [4.69, 9.17) is 0 Å². The smallest absolute Gasteiger partial charge is 0.253 e. The summed E-state index contributed by atoms with van der Waals surface area (Å²) in [6.45, 7) is 2.08. The summed E-state index contributed by atoms with van der Waals surface area (Å²) in [5.41, 5.74) is 2.80. The van der Waals surface area contributed by atoms with Gasteiger partial charge in [-0.2, -0.15) is 0 Å². The van der Waals surface area contributed by atoms with Crippen molar-refractivity contribution >= 4 is 44.8 Å². The van der Waals surface area contributed by atoms with Crippen molar-refractivity contribution in [2.24, 2.45) is 0 Å². The van der Waals surface area contributed by atoms with Crippen molar-refractivity contribution in [1.82, 2.24) is 4.90 Å². The molecule has 1 saturated heterocycles. The minimum Gasteiger partial charge on any atom is -0.345 e. The number of carbonyl (C=O) groups is 3. The van der Waals surface area contributed by atoms with Gasteiger partial charge in [0.15, 0.2) is 0 Å². The largest absolute Gasteiger partial charge is 0.345 e. The highest BCUT2D eigenvalue weighted by molar-refractivity contribution is 7.92. The van der Waals surface area contributed by atoms with E-state index in [0.717, 1.165) is 28.2 Å². The predicted octanol–water partition coefficient (Wildman–Crippen LogP) is 2.23. The van der Waals surface area contributed by atoms with Crippen LogP contribution < -0.4 is 14.5 Å². The molecule has 0 unspecified atom stereocenters. The van der Waals surface area contributed by atoms with Crippen LogP contribution in [0.5, 0.6) is 0 Å². The number of benzene rings is 2. The number of hydrogen-bond donors (Lipinski definition) is 1. The molecule has 1 N–H and O–H groups in total. The van der Waals surface area contributed by atoms with E-state index in [1.54, 1.807) is 31.1 Å². The van der Waals surface area contributed by atoms with Crippen LogP contribution in [0.1, 0.15) is 28.8 Å². The number of anilines is 3. The zero-order valence-corrected chi connectivity index (χ0v) is 20.0. The van der Waals surface area contributed by atoms with Crippen LogP contribution in [-0.2, 0) is 19.6 Å². The predicted molar refractivity (Wildman–Crippen MR) is 128 cm³/mol. The molecule has 0 saturated carbocycles. The molecule has 1 heterocycles. The Morgan fingerprint density at radius 3 is 2.30 bits per heavy atom. The van der Waals surface area contributed by atoms with Crippen molar-refractivity contribution in [3.8, 4) is 0 Å². The van der Waals surface area contributed by atoms with Crippen LogP contribution in [0.25, 0.3) is 0 Å². The third-order valence-corrected chi connectivity index (χ3v) is 6.49. The van der Waals surface area contributed by atoms with E-state index in [1.807, 2.05) is 13.0 Å². The Hall–Kier alpha value is -3.40. The molecule has 9 nitrogen and oxygen atoms in total. The lowest BCUT2D eigenvalue weighted by atomic mass is 10.1. The van der Waals surface area contributed by atoms with Crippen molar-refractivity contribution in [3.63, 3.8) is 0 Å². The summed E-state index contributed by atoms with van der Waals surface area (Å²) in [5.74, 6) is -0.700. The van der Waals surface area contributed by atoms with Crippen LogP contribution in [0.3, 0.4) is 0 Å². The maximum absolute atomic E-state index is 12.7. The van der Waals surface area contributed by atoms with E-state index in [1.165, 1.54) is 29.2 Å². The van der Waals surface area contributed by atoms with Gasteiger partial charge in [0.1, 0.15) is 6.54 Å². The van der Waals surface area contributed by atoms with Crippen molar-refractivity contribution in [2.45, 2.75) is 19.8 Å². The van der Waals surface area contributed by atoms with E-state index >= 15 is 0 Å². The van der Waals surface area contributed by atoms with Gasteiger partial charge >= 0.3 is 0 Å². The summed E-state index contributed by atoms with van der Waals surface area (Å²) in [5, 5.41) is 2.72. The number of nitrogens with zero attached hydrogens (tertiary/aromatic N) is 3. The average Bonchev–Trinajstić information content (AvgIpc) is 3.18. The Kier molecular flexibility index (Phi) is 7.06. The van der Waals surface area contributed by atoms with E-state index in [2.05, 4.69) is 5.32 Å². The van der Waals surface area contributed by atoms with Crippen LogP contribution >= 0.6 is 0 Å². The molecular weight excluding hydrogens is 444 g/mol. The minimum atomic E-state index is -3.77. The van der Waals surface area contributed by atoms with Gasteiger partial charge in [-0.05, 0) is 55.3 Å². The van der Waals surface area contributed by atoms with Gasteiger partial charge in [0.25, 0.3) is 5.91 Å². The molecule has 0 bridgehead atoms. The van der Waals surface area contributed by atoms with Crippen LogP contribution in [0.4, 0.5) is 17.1 Å². The molecule has 10 heteroatoms. The van der Waals surface area contributed by atoms with E-state index < -0.39 is 22.5 Å². The molecule has 1 aliphatic heterocycles. The van der Waals surface area contributed by atoms with Gasteiger partial charge in [-0.1, -0.05) is 6.07 Å². The first-order chi connectivity index (χ1) is 15.5. The molecule has 3 amide bonds. The second-order valence-electron chi connectivity index (χ2n) is 8.21. The summed E-state index contributed by atoms with van der Waals surface area (Å²) in [6.07, 6.45) is 2.30. The van der Waals surface area contributed by atoms with E-state index in [0.29, 0.717) is 24.2 Å². The summed E-state index contributed by atoms with van der Waals surface area (Å²) in [4.78, 5) is 40.0. The number of carbonyl (C=O) groups excluding carboxylic acids is 3. The Labute approximate surface area is 194 Å². The van der Waals surface area contributed by atoms with Crippen LogP contribution in [0, 0.1) is 6.92 Å².